The van der Waals surface area contributed by atoms with Crippen LogP contribution in [0.2, 0.25) is 0 Å². The highest BCUT2D eigenvalue weighted by Gasteiger charge is 2.30. The van der Waals surface area contributed by atoms with Gasteiger partial charge in [0.15, 0.2) is 5.13 Å². The molecule has 1 aromatic heterocycles. The predicted molar refractivity (Wildman–Crippen MR) is 68.3 cm³/mol. The summed E-state index contributed by atoms with van der Waals surface area (Å²) in [4.78, 5) is 7.17. The van der Waals surface area contributed by atoms with E-state index in [1.165, 1.54) is 36.6 Å². The van der Waals surface area contributed by atoms with Crippen molar-refractivity contribution in [3.8, 4) is 0 Å². The number of hydrogen-bond acceptors (Lipinski definition) is 4. The van der Waals surface area contributed by atoms with Gasteiger partial charge in [0.05, 0.1) is 5.69 Å². The van der Waals surface area contributed by atoms with Crippen LogP contribution in [0.5, 0.6) is 0 Å². The van der Waals surface area contributed by atoms with Gasteiger partial charge in [0.2, 0.25) is 0 Å². The van der Waals surface area contributed by atoms with Crippen molar-refractivity contribution in [3.63, 3.8) is 0 Å². The van der Waals surface area contributed by atoms with Gasteiger partial charge in [-0.05, 0) is 25.7 Å². The van der Waals surface area contributed by atoms with Crippen molar-refractivity contribution in [1.82, 2.24) is 10.3 Å². The summed E-state index contributed by atoms with van der Waals surface area (Å²) in [7, 11) is 0. The lowest BCUT2D eigenvalue weighted by Crippen LogP contribution is -2.35. The van der Waals surface area contributed by atoms with Gasteiger partial charge in [-0.25, -0.2) is 4.98 Å². The summed E-state index contributed by atoms with van der Waals surface area (Å²) in [6.07, 6.45) is 5.04. The molecule has 3 nitrogen and oxygen atoms in total. The fraction of sp³-hybridized carbons (Fsp3) is 0.750. The number of nitrogens with zero attached hydrogens (tertiary/aromatic N) is 2. The Morgan fingerprint density at radius 2 is 2.31 bits per heavy atom. The summed E-state index contributed by atoms with van der Waals surface area (Å²) < 4.78 is 0. The highest BCUT2D eigenvalue weighted by molar-refractivity contribution is 7.13. The maximum Gasteiger partial charge on any atom is 0.185 e. The van der Waals surface area contributed by atoms with Crippen molar-refractivity contribution in [2.45, 2.75) is 44.7 Å². The van der Waals surface area contributed by atoms with E-state index >= 15 is 0 Å². The van der Waals surface area contributed by atoms with Crippen LogP contribution in [0.4, 0.5) is 5.13 Å². The van der Waals surface area contributed by atoms with Gasteiger partial charge in [-0.15, -0.1) is 11.3 Å². The monoisotopic (exact) mass is 237 g/mol. The lowest BCUT2D eigenvalue weighted by Gasteiger charge is -2.23. The predicted octanol–water partition coefficient (Wildman–Crippen LogP) is 2.04. The molecule has 0 aromatic carbocycles. The third kappa shape index (κ3) is 1.96. The minimum absolute atomic E-state index is 0.696. The van der Waals surface area contributed by atoms with Crippen molar-refractivity contribution in [2.24, 2.45) is 0 Å². The molecule has 0 radical (unpaired) electrons. The number of fused-ring (bicyclic) bond motifs is 2. The molecule has 4 heteroatoms. The van der Waals surface area contributed by atoms with Gasteiger partial charge < -0.3 is 10.2 Å². The lowest BCUT2D eigenvalue weighted by atomic mass is 10.1. The molecule has 0 aliphatic carbocycles. The number of aromatic nitrogens is 1. The Hall–Kier alpha value is -0.610. The van der Waals surface area contributed by atoms with Crippen LogP contribution >= 0.6 is 11.3 Å². The molecule has 2 unspecified atom stereocenters. The van der Waals surface area contributed by atoms with E-state index in [0.717, 1.165) is 19.0 Å². The summed E-state index contributed by atoms with van der Waals surface area (Å²) in [5.74, 6) is 0. The summed E-state index contributed by atoms with van der Waals surface area (Å²) in [6, 6.07) is 1.46. The fourth-order valence-electron chi connectivity index (χ4n) is 2.72. The molecule has 3 rings (SSSR count). The van der Waals surface area contributed by atoms with E-state index in [9.17, 15) is 0 Å². The van der Waals surface area contributed by atoms with E-state index in [2.05, 4.69) is 22.5 Å². The molecule has 16 heavy (non-hydrogen) atoms. The molecular formula is C12H19N3S. The Kier molecular flexibility index (Phi) is 2.86. The van der Waals surface area contributed by atoms with E-state index in [-0.39, 0.29) is 0 Å². The van der Waals surface area contributed by atoms with Crippen LogP contribution in [0.1, 0.15) is 31.9 Å². The molecule has 2 atom stereocenters. The first kappa shape index (κ1) is 10.5. The Balaban J connectivity index is 1.74. The van der Waals surface area contributed by atoms with Gasteiger partial charge in [0.25, 0.3) is 0 Å². The maximum absolute atomic E-state index is 4.69. The standard InChI is InChI=1S/C12H19N3S/c1-2-9-8-16-12(14-9)15-6-5-10-3-4-11(7-15)13-10/h8,10-11,13H,2-7H2,1H3. The molecular weight excluding hydrogens is 218 g/mol. The molecule has 2 saturated heterocycles. The average Bonchev–Trinajstić information content (AvgIpc) is 2.85. The van der Waals surface area contributed by atoms with Crippen molar-refractivity contribution in [1.29, 1.82) is 0 Å². The number of rotatable bonds is 2. The van der Waals surface area contributed by atoms with Gasteiger partial charge in [-0.3, -0.25) is 0 Å². The Morgan fingerprint density at radius 1 is 1.44 bits per heavy atom. The number of aryl methyl sites for hydroxylation is 1. The van der Waals surface area contributed by atoms with Crippen molar-refractivity contribution in [3.05, 3.63) is 11.1 Å². The quantitative estimate of drug-likeness (QED) is 0.853. The van der Waals surface area contributed by atoms with Crippen LogP contribution in [-0.2, 0) is 6.42 Å². The Morgan fingerprint density at radius 3 is 3.12 bits per heavy atom. The summed E-state index contributed by atoms with van der Waals surface area (Å²) in [6.45, 7) is 4.49. The molecule has 0 spiro atoms. The second-order valence-corrected chi connectivity index (χ2v) is 5.68. The number of anilines is 1. The highest BCUT2D eigenvalue weighted by atomic mass is 32.1. The zero-order valence-corrected chi connectivity index (χ0v) is 10.6. The minimum atomic E-state index is 0.696. The van der Waals surface area contributed by atoms with Gasteiger partial charge in [0, 0.05) is 30.6 Å². The summed E-state index contributed by atoms with van der Waals surface area (Å²) >= 11 is 1.80. The average molecular weight is 237 g/mol. The third-order valence-electron chi connectivity index (χ3n) is 3.70. The van der Waals surface area contributed by atoms with Crippen molar-refractivity contribution >= 4 is 16.5 Å². The summed E-state index contributed by atoms with van der Waals surface area (Å²) in [5.41, 5.74) is 1.24. The van der Waals surface area contributed by atoms with Gasteiger partial charge in [-0.2, -0.15) is 0 Å². The van der Waals surface area contributed by atoms with E-state index in [4.69, 9.17) is 4.98 Å². The molecule has 0 saturated carbocycles. The van der Waals surface area contributed by atoms with Gasteiger partial charge >= 0.3 is 0 Å². The first-order valence-corrected chi connectivity index (χ1v) is 7.18. The van der Waals surface area contributed by atoms with E-state index in [1.54, 1.807) is 11.3 Å². The normalized spacial score (nSPS) is 29.4. The molecule has 2 bridgehead atoms. The number of hydrogen-bond donors (Lipinski definition) is 1. The largest absolute Gasteiger partial charge is 0.346 e. The van der Waals surface area contributed by atoms with Gasteiger partial charge in [0.1, 0.15) is 0 Å². The second-order valence-electron chi connectivity index (χ2n) is 4.85. The van der Waals surface area contributed by atoms with Crippen molar-refractivity contribution < 1.29 is 0 Å². The molecule has 1 N–H and O–H groups in total. The second kappa shape index (κ2) is 4.34. The van der Waals surface area contributed by atoms with E-state index in [0.29, 0.717) is 6.04 Å². The van der Waals surface area contributed by atoms with Gasteiger partial charge in [-0.1, -0.05) is 6.92 Å². The molecule has 1 aromatic rings. The van der Waals surface area contributed by atoms with E-state index < -0.39 is 0 Å². The molecule has 2 fully saturated rings. The number of nitrogens with one attached hydrogen (secondary N) is 1. The molecule has 88 valence electrons. The lowest BCUT2D eigenvalue weighted by molar-refractivity contribution is 0.563. The minimum Gasteiger partial charge on any atom is -0.346 e. The first-order chi connectivity index (χ1) is 7.85. The van der Waals surface area contributed by atoms with Crippen LogP contribution in [0, 0.1) is 0 Å². The smallest absolute Gasteiger partial charge is 0.185 e. The van der Waals surface area contributed by atoms with Crippen molar-refractivity contribution in [2.75, 3.05) is 18.0 Å². The summed E-state index contributed by atoms with van der Waals surface area (Å²) in [5, 5.41) is 7.14. The zero-order valence-electron chi connectivity index (χ0n) is 9.78. The Bertz CT molecular complexity index is 363. The SMILES string of the molecule is CCc1csc(N2CCC3CCC(C2)N3)n1. The van der Waals surface area contributed by atoms with Crippen LogP contribution < -0.4 is 10.2 Å². The van der Waals surface area contributed by atoms with Crippen LogP contribution in [-0.4, -0.2) is 30.2 Å². The molecule has 3 heterocycles. The van der Waals surface area contributed by atoms with E-state index in [1.807, 2.05) is 0 Å². The maximum atomic E-state index is 4.69. The molecule has 2 aliphatic heterocycles. The topological polar surface area (TPSA) is 28.2 Å². The zero-order chi connectivity index (χ0) is 11.0. The molecule has 0 amide bonds. The number of thiazole rings is 1. The first-order valence-electron chi connectivity index (χ1n) is 6.30. The van der Waals surface area contributed by atoms with Crippen LogP contribution in [0.15, 0.2) is 5.38 Å². The molecule has 2 aliphatic rings. The fourth-order valence-corrected chi connectivity index (χ4v) is 3.67. The Labute approximate surface area is 101 Å². The third-order valence-corrected chi connectivity index (χ3v) is 4.65. The van der Waals surface area contributed by atoms with Crippen LogP contribution in [0.3, 0.4) is 0 Å². The van der Waals surface area contributed by atoms with Crippen LogP contribution in [0.25, 0.3) is 0 Å². The highest BCUT2D eigenvalue weighted by Crippen LogP contribution is 2.27.